The second-order valence-corrected chi connectivity index (χ2v) is 8.18. The summed E-state index contributed by atoms with van der Waals surface area (Å²) in [5.41, 5.74) is 6.35. The predicted molar refractivity (Wildman–Crippen MR) is 110 cm³/mol. The van der Waals surface area contributed by atoms with E-state index in [9.17, 15) is 4.79 Å². The normalized spacial score (nSPS) is 12.8. The van der Waals surface area contributed by atoms with Crippen LogP contribution in [0.4, 0.5) is 5.13 Å². The molecule has 0 spiro atoms. The Balaban J connectivity index is 1.79. The summed E-state index contributed by atoms with van der Waals surface area (Å²) in [5.74, 6) is -0.197. The van der Waals surface area contributed by atoms with Crippen molar-refractivity contribution in [1.29, 1.82) is 0 Å². The van der Waals surface area contributed by atoms with Crippen LogP contribution in [-0.4, -0.2) is 39.4 Å². The zero-order chi connectivity index (χ0) is 19.8. The largest absolute Gasteiger partial charge is 0.375 e. The standard InChI is InChI=1S/C20H23N5O2S/c1-11(2)25-18-14(17(24-25)13-6-5-12(3)21-9-13)7-8-15-19(18)28-20(22-15)23-16(26)10-27-4/h5-6,9,11H,7-8,10H2,1-4H3,(H,22,23,26). The smallest absolute Gasteiger partial charge is 0.252 e. The van der Waals surface area contributed by atoms with E-state index in [2.05, 4.69) is 39.9 Å². The first-order valence-electron chi connectivity index (χ1n) is 9.31. The van der Waals surface area contributed by atoms with Crippen molar-refractivity contribution in [3.63, 3.8) is 0 Å². The van der Waals surface area contributed by atoms with Crippen molar-refractivity contribution >= 4 is 22.4 Å². The van der Waals surface area contributed by atoms with Crippen molar-refractivity contribution in [2.24, 2.45) is 0 Å². The molecule has 0 saturated heterocycles. The highest BCUT2D eigenvalue weighted by Crippen LogP contribution is 2.43. The van der Waals surface area contributed by atoms with Crippen LogP contribution in [0.3, 0.4) is 0 Å². The van der Waals surface area contributed by atoms with E-state index in [4.69, 9.17) is 9.84 Å². The van der Waals surface area contributed by atoms with Crippen LogP contribution in [0, 0.1) is 6.92 Å². The van der Waals surface area contributed by atoms with Gasteiger partial charge in [0.1, 0.15) is 6.61 Å². The molecule has 0 bridgehead atoms. The minimum absolute atomic E-state index is 0.0179. The number of hydrogen-bond acceptors (Lipinski definition) is 6. The number of thiazole rings is 1. The zero-order valence-corrected chi connectivity index (χ0v) is 17.3. The first-order valence-corrected chi connectivity index (χ1v) is 10.1. The molecule has 1 aliphatic rings. The van der Waals surface area contributed by atoms with Gasteiger partial charge in [-0.1, -0.05) is 11.3 Å². The molecule has 0 aliphatic heterocycles. The topological polar surface area (TPSA) is 81.9 Å². The lowest BCUT2D eigenvalue weighted by atomic mass is 9.95. The van der Waals surface area contributed by atoms with E-state index in [0.717, 1.165) is 46.1 Å². The Kier molecular flexibility index (Phi) is 4.99. The van der Waals surface area contributed by atoms with Gasteiger partial charge in [0, 0.05) is 36.2 Å². The molecule has 146 valence electrons. The van der Waals surface area contributed by atoms with Gasteiger partial charge in [0.2, 0.25) is 0 Å². The van der Waals surface area contributed by atoms with Gasteiger partial charge in [0.15, 0.2) is 5.13 Å². The Morgan fingerprint density at radius 1 is 1.36 bits per heavy atom. The Labute approximate surface area is 167 Å². The van der Waals surface area contributed by atoms with Crippen molar-refractivity contribution < 1.29 is 9.53 Å². The Morgan fingerprint density at radius 2 is 2.18 bits per heavy atom. The molecule has 3 aromatic heterocycles. The van der Waals surface area contributed by atoms with Gasteiger partial charge in [0.05, 0.1) is 22.0 Å². The first kappa shape index (κ1) is 18.8. The van der Waals surface area contributed by atoms with E-state index >= 15 is 0 Å². The van der Waals surface area contributed by atoms with Gasteiger partial charge in [-0.25, -0.2) is 4.98 Å². The molecule has 1 aliphatic carbocycles. The average Bonchev–Trinajstić information content (AvgIpc) is 3.23. The summed E-state index contributed by atoms with van der Waals surface area (Å²) in [5, 5.41) is 8.37. The van der Waals surface area contributed by atoms with Crippen LogP contribution in [-0.2, 0) is 22.4 Å². The van der Waals surface area contributed by atoms with Crippen molar-refractivity contribution in [3.8, 4) is 21.8 Å². The third kappa shape index (κ3) is 3.33. The maximum absolute atomic E-state index is 11.9. The highest BCUT2D eigenvalue weighted by molar-refractivity contribution is 7.19. The lowest BCUT2D eigenvalue weighted by Crippen LogP contribution is -2.16. The van der Waals surface area contributed by atoms with Crippen LogP contribution >= 0.6 is 11.3 Å². The molecule has 3 aromatic rings. The molecule has 0 radical (unpaired) electrons. The van der Waals surface area contributed by atoms with Crippen LogP contribution in [0.15, 0.2) is 18.3 Å². The van der Waals surface area contributed by atoms with Crippen LogP contribution in [0.2, 0.25) is 0 Å². The second kappa shape index (κ2) is 7.44. The molecule has 1 amide bonds. The van der Waals surface area contributed by atoms with Crippen LogP contribution in [0.25, 0.3) is 21.8 Å². The van der Waals surface area contributed by atoms with Gasteiger partial charge < -0.3 is 4.74 Å². The minimum Gasteiger partial charge on any atom is -0.375 e. The van der Waals surface area contributed by atoms with Crippen LogP contribution in [0.1, 0.15) is 36.8 Å². The number of fused-ring (bicyclic) bond motifs is 3. The zero-order valence-electron chi connectivity index (χ0n) is 16.4. The monoisotopic (exact) mass is 397 g/mol. The van der Waals surface area contributed by atoms with Crippen molar-refractivity contribution in [2.45, 2.75) is 39.7 Å². The number of anilines is 1. The van der Waals surface area contributed by atoms with E-state index in [1.807, 2.05) is 19.2 Å². The number of aromatic nitrogens is 4. The molecule has 1 N–H and O–H groups in total. The molecule has 28 heavy (non-hydrogen) atoms. The highest BCUT2D eigenvalue weighted by Gasteiger charge is 2.30. The van der Waals surface area contributed by atoms with Gasteiger partial charge in [-0.3, -0.25) is 19.8 Å². The number of carbonyl (C=O) groups is 1. The van der Waals surface area contributed by atoms with E-state index < -0.39 is 0 Å². The van der Waals surface area contributed by atoms with Gasteiger partial charge in [-0.05, 0) is 45.7 Å². The number of nitrogens with zero attached hydrogens (tertiary/aromatic N) is 4. The number of pyridine rings is 1. The van der Waals surface area contributed by atoms with Crippen LogP contribution in [0.5, 0.6) is 0 Å². The second-order valence-electron chi connectivity index (χ2n) is 7.18. The number of nitrogens with one attached hydrogen (secondary N) is 1. The molecule has 3 heterocycles. The summed E-state index contributed by atoms with van der Waals surface area (Å²) in [6.07, 6.45) is 3.59. The molecule has 0 atom stereocenters. The quantitative estimate of drug-likeness (QED) is 0.711. The van der Waals surface area contributed by atoms with Crippen molar-refractivity contribution in [2.75, 3.05) is 19.0 Å². The van der Waals surface area contributed by atoms with E-state index in [-0.39, 0.29) is 18.6 Å². The summed E-state index contributed by atoms with van der Waals surface area (Å²) in [7, 11) is 1.50. The van der Waals surface area contributed by atoms with E-state index in [0.29, 0.717) is 5.13 Å². The number of carbonyl (C=O) groups excluding carboxylic acids is 1. The Hall–Kier alpha value is -2.58. The van der Waals surface area contributed by atoms with Crippen LogP contribution < -0.4 is 5.32 Å². The minimum atomic E-state index is -0.197. The van der Waals surface area contributed by atoms with Gasteiger partial charge in [0.25, 0.3) is 5.91 Å². The summed E-state index contributed by atoms with van der Waals surface area (Å²) < 4.78 is 6.96. The number of aryl methyl sites for hydroxylation is 2. The fourth-order valence-electron chi connectivity index (χ4n) is 3.45. The van der Waals surface area contributed by atoms with Crippen molar-refractivity contribution in [3.05, 3.63) is 35.3 Å². The summed E-state index contributed by atoms with van der Waals surface area (Å²) in [6.45, 7) is 6.25. The molecule has 0 unspecified atom stereocenters. The number of hydrogen-bond donors (Lipinski definition) is 1. The SMILES string of the molecule is COCC(=O)Nc1nc2c(s1)-c1c(c(-c3ccc(C)nc3)nn1C(C)C)CC2. The summed E-state index contributed by atoms with van der Waals surface area (Å²) in [6, 6.07) is 4.30. The Bertz CT molecular complexity index is 1020. The first-order chi connectivity index (χ1) is 13.5. The molecule has 7 nitrogen and oxygen atoms in total. The highest BCUT2D eigenvalue weighted by atomic mass is 32.1. The number of amides is 1. The van der Waals surface area contributed by atoms with Gasteiger partial charge in [-0.2, -0.15) is 5.10 Å². The van der Waals surface area contributed by atoms with E-state index in [1.165, 1.54) is 24.0 Å². The Morgan fingerprint density at radius 3 is 2.86 bits per heavy atom. The third-order valence-electron chi connectivity index (χ3n) is 4.73. The lowest BCUT2D eigenvalue weighted by molar-refractivity contribution is -0.119. The summed E-state index contributed by atoms with van der Waals surface area (Å²) >= 11 is 1.50. The fourth-order valence-corrected chi connectivity index (χ4v) is 4.54. The van der Waals surface area contributed by atoms with Gasteiger partial charge in [-0.15, -0.1) is 0 Å². The number of rotatable bonds is 5. The number of methoxy groups -OCH3 is 1. The average molecular weight is 398 g/mol. The molecule has 0 saturated carbocycles. The lowest BCUT2D eigenvalue weighted by Gasteiger charge is -2.15. The molecule has 4 rings (SSSR count). The molecule has 0 aromatic carbocycles. The molecular weight excluding hydrogens is 374 g/mol. The number of ether oxygens (including phenoxy) is 1. The van der Waals surface area contributed by atoms with E-state index in [1.54, 1.807) is 0 Å². The summed E-state index contributed by atoms with van der Waals surface area (Å²) in [4.78, 5) is 22.0. The molecular formula is C20H23N5O2S. The fraction of sp³-hybridized carbons (Fsp3) is 0.400. The van der Waals surface area contributed by atoms with Gasteiger partial charge >= 0.3 is 0 Å². The maximum atomic E-state index is 11.9. The third-order valence-corrected chi connectivity index (χ3v) is 5.75. The predicted octanol–water partition coefficient (Wildman–Crippen LogP) is 3.64. The maximum Gasteiger partial charge on any atom is 0.252 e. The van der Waals surface area contributed by atoms with Crippen molar-refractivity contribution in [1.82, 2.24) is 19.7 Å². The molecule has 8 heteroatoms. The molecule has 0 fully saturated rings.